The highest BCUT2D eigenvalue weighted by Crippen LogP contribution is 2.39. The summed E-state index contributed by atoms with van der Waals surface area (Å²) in [4.78, 5) is 23.8. The molecular formula is C23H28FN3O6S. The first kappa shape index (κ1) is 25.3. The van der Waals surface area contributed by atoms with Crippen LogP contribution in [0.1, 0.15) is 34.1 Å². The average Bonchev–Trinajstić information content (AvgIpc) is 2.75. The zero-order valence-electron chi connectivity index (χ0n) is 19.4. The van der Waals surface area contributed by atoms with E-state index in [4.69, 9.17) is 9.47 Å². The second-order valence-corrected chi connectivity index (χ2v) is 10.6. The van der Waals surface area contributed by atoms with Crippen molar-refractivity contribution in [2.45, 2.75) is 50.7 Å². The lowest BCUT2D eigenvalue weighted by Crippen LogP contribution is -2.48. The standard InChI is InChI=1S/C23H28FN3O6S/c1-5-21(28)25-13-17-14-27(34(30,31)18-9-6-15(24)7-10-18)19-12-16(8-11-20(19)32-17)26-22(29)33-23(2,3)4/h6-12,17H,5,13-14H2,1-4H3,(H,25,28)(H,26,29)/t17-/m0/s1. The Labute approximate surface area is 198 Å². The fourth-order valence-electron chi connectivity index (χ4n) is 3.23. The van der Waals surface area contributed by atoms with Gasteiger partial charge >= 0.3 is 6.09 Å². The quantitative estimate of drug-likeness (QED) is 0.635. The van der Waals surface area contributed by atoms with Crippen LogP contribution in [0.2, 0.25) is 0 Å². The van der Waals surface area contributed by atoms with Crippen LogP contribution in [0.15, 0.2) is 47.4 Å². The largest absolute Gasteiger partial charge is 0.484 e. The van der Waals surface area contributed by atoms with Crippen LogP contribution in [-0.2, 0) is 19.6 Å². The minimum absolute atomic E-state index is 0.0967. The molecule has 2 N–H and O–H groups in total. The van der Waals surface area contributed by atoms with Crippen molar-refractivity contribution in [3.63, 3.8) is 0 Å². The van der Waals surface area contributed by atoms with Gasteiger partial charge in [-0.15, -0.1) is 0 Å². The monoisotopic (exact) mass is 493 g/mol. The van der Waals surface area contributed by atoms with Crippen LogP contribution in [0.25, 0.3) is 0 Å². The van der Waals surface area contributed by atoms with E-state index in [9.17, 15) is 22.4 Å². The third kappa shape index (κ3) is 6.16. The van der Waals surface area contributed by atoms with E-state index in [1.54, 1.807) is 33.8 Å². The van der Waals surface area contributed by atoms with Gasteiger partial charge in [-0.05, 0) is 63.2 Å². The number of fused-ring (bicyclic) bond motifs is 1. The molecule has 2 amide bonds. The van der Waals surface area contributed by atoms with Gasteiger partial charge in [-0.3, -0.25) is 14.4 Å². The summed E-state index contributed by atoms with van der Waals surface area (Å²) in [7, 11) is -4.11. The Bertz CT molecular complexity index is 1160. The maximum absolute atomic E-state index is 13.5. The van der Waals surface area contributed by atoms with E-state index in [0.29, 0.717) is 5.69 Å². The predicted molar refractivity (Wildman–Crippen MR) is 125 cm³/mol. The van der Waals surface area contributed by atoms with E-state index in [0.717, 1.165) is 16.4 Å². The van der Waals surface area contributed by atoms with Gasteiger partial charge in [-0.2, -0.15) is 0 Å². The fraction of sp³-hybridized carbons (Fsp3) is 0.391. The molecule has 11 heteroatoms. The van der Waals surface area contributed by atoms with Gasteiger partial charge in [-0.25, -0.2) is 17.6 Å². The molecule has 34 heavy (non-hydrogen) atoms. The van der Waals surface area contributed by atoms with Crippen LogP contribution < -0.4 is 19.7 Å². The second kappa shape index (κ2) is 9.88. The van der Waals surface area contributed by atoms with Gasteiger partial charge in [0.15, 0.2) is 0 Å². The Balaban J connectivity index is 1.96. The number of rotatable bonds is 6. The smallest absolute Gasteiger partial charge is 0.412 e. The summed E-state index contributed by atoms with van der Waals surface area (Å²) in [5.41, 5.74) is -0.222. The number of sulfonamides is 1. The summed E-state index contributed by atoms with van der Waals surface area (Å²) in [6.45, 7) is 6.87. The number of carbonyl (C=O) groups excluding carboxylic acids is 2. The minimum atomic E-state index is -4.11. The van der Waals surface area contributed by atoms with Crippen molar-refractivity contribution in [3.05, 3.63) is 48.3 Å². The minimum Gasteiger partial charge on any atom is -0.484 e. The second-order valence-electron chi connectivity index (χ2n) is 8.70. The SMILES string of the molecule is CCC(=O)NC[C@H]1CN(S(=O)(=O)c2ccc(F)cc2)c2cc(NC(=O)OC(C)(C)C)ccc2O1. The van der Waals surface area contributed by atoms with Crippen LogP contribution >= 0.6 is 0 Å². The zero-order chi connectivity index (χ0) is 25.1. The molecule has 2 aromatic rings. The number of hydrogen-bond donors (Lipinski definition) is 2. The van der Waals surface area contributed by atoms with Gasteiger partial charge in [-0.1, -0.05) is 6.92 Å². The maximum atomic E-state index is 13.5. The van der Waals surface area contributed by atoms with Crippen molar-refractivity contribution in [1.29, 1.82) is 0 Å². The predicted octanol–water partition coefficient (Wildman–Crippen LogP) is 3.66. The molecule has 2 aromatic carbocycles. The molecule has 0 bridgehead atoms. The van der Waals surface area contributed by atoms with E-state index < -0.39 is 33.6 Å². The molecule has 0 aromatic heterocycles. The zero-order valence-corrected chi connectivity index (χ0v) is 20.2. The Kier molecular flexibility index (Phi) is 7.35. The Hall–Kier alpha value is -3.34. The molecule has 3 rings (SSSR count). The van der Waals surface area contributed by atoms with Crippen LogP contribution in [0.5, 0.6) is 5.75 Å². The Morgan fingerprint density at radius 3 is 2.47 bits per heavy atom. The van der Waals surface area contributed by atoms with Gasteiger partial charge in [0.2, 0.25) is 5.91 Å². The maximum Gasteiger partial charge on any atom is 0.412 e. The van der Waals surface area contributed by atoms with Crippen molar-refractivity contribution in [2.24, 2.45) is 0 Å². The van der Waals surface area contributed by atoms with E-state index in [1.165, 1.54) is 24.3 Å². The van der Waals surface area contributed by atoms with Crippen molar-refractivity contribution in [2.75, 3.05) is 22.7 Å². The number of hydrogen-bond acceptors (Lipinski definition) is 6. The molecule has 0 saturated heterocycles. The lowest BCUT2D eigenvalue weighted by Gasteiger charge is -2.35. The van der Waals surface area contributed by atoms with Crippen molar-refractivity contribution < 1.29 is 31.9 Å². The Morgan fingerprint density at radius 2 is 1.85 bits per heavy atom. The third-order valence-corrected chi connectivity index (χ3v) is 6.58. The lowest BCUT2D eigenvalue weighted by atomic mass is 10.2. The molecule has 184 valence electrons. The Morgan fingerprint density at radius 1 is 1.18 bits per heavy atom. The molecule has 0 aliphatic carbocycles. The molecular weight excluding hydrogens is 465 g/mol. The summed E-state index contributed by atoms with van der Waals surface area (Å²) in [6.07, 6.45) is -1.08. The molecule has 9 nitrogen and oxygen atoms in total. The summed E-state index contributed by atoms with van der Waals surface area (Å²) in [6, 6.07) is 9.02. The first-order valence-corrected chi connectivity index (χ1v) is 12.2. The molecule has 0 radical (unpaired) electrons. The van der Waals surface area contributed by atoms with Crippen LogP contribution in [0.4, 0.5) is 20.6 Å². The van der Waals surface area contributed by atoms with Crippen LogP contribution in [-0.4, -0.2) is 45.2 Å². The van der Waals surface area contributed by atoms with Gasteiger partial charge in [0, 0.05) is 12.1 Å². The molecule has 0 unspecified atom stereocenters. The summed E-state index contributed by atoms with van der Waals surface area (Å²) in [5, 5.41) is 5.28. The molecule has 0 fully saturated rings. The van der Waals surface area contributed by atoms with Gasteiger partial charge in [0.1, 0.15) is 23.3 Å². The molecule has 1 heterocycles. The average molecular weight is 494 g/mol. The van der Waals surface area contributed by atoms with E-state index in [1.807, 2.05) is 0 Å². The fourth-order valence-corrected chi connectivity index (χ4v) is 4.73. The third-order valence-electron chi connectivity index (χ3n) is 4.79. The number of carbonyl (C=O) groups is 2. The normalized spacial score (nSPS) is 15.7. The van der Waals surface area contributed by atoms with E-state index >= 15 is 0 Å². The highest BCUT2D eigenvalue weighted by Gasteiger charge is 2.35. The highest BCUT2D eigenvalue weighted by atomic mass is 32.2. The molecule has 1 aliphatic rings. The summed E-state index contributed by atoms with van der Waals surface area (Å²) >= 11 is 0. The van der Waals surface area contributed by atoms with Crippen molar-refractivity contribution >= 4 is 33.4 Å². The van der Waals surface area contributed by atoms with Crippen LogP contribution in [0, 0.1) is 5.82 Å². The summed E-state index contributed by atoms with van der Waals surface area (Å²) < 4.78 is 52.6. The van der Waals surface area contributed by atoms with Gasteiger partial charge in [0.05, 0.1) is 23.7 Å². The van der Waals surface area contributed by atoms with E-state index in [-0.39, 0.29) is 41.7 Å². The number of anilines is 2. The number of halogens is 1. The van der Waals surface area contributed by atoms with Gasteiger partial charge in [0.25, 0.3) is 10.0 Å². The summed E-state index contributed by atoms with van der Waals surface area (Å²) in [5.74, 6) is -0.507. The molecule has 1 aliphatic heterocycles. The lowest BCUT2D eigenvalue weighted by molar-refractivity contribution is -0.121. The number of nitrogens with one attached hydrogen (secondary N) is 2. The molecule has 1 atom stereocenters. The van der Waals surface area contributed by atoms with Crippen molar-refractivity contribution in [1.82, 2.24) is 5.32 Å². The van der Waals surface area contributed by atoms with Crippen molar-refractivity contribution in [3.8, 4) is 5.75 Å². The molecule has 0 spiro atoms. The molecule has 0 saturated carbocycles. The first-order chi connectivity index (χ1) is 15.9. The van der Waals surface area contributed by atoms with Crippen LogP contribution in [0.3, 0.4) is 0 Å². The number of ether oxygens (including phenoxy) is 2. The van der Waals surface area contributed by atoms with E-state index in [2.05, 4.69) is 10.6 Å². The van der Waals surface area contributed by atoms with Gasteiger partial charge < -0.3 is 14.8 Å². The highest BCUT2D eigenvalue weighted by molar-refractivity contribution is 7.92. The first-order valence-electron chi connectivity index (χ1n) is 10.7. The number of amides is 2. The topological polar surface area (TPSA) is 114 Å². The number of nitrogens with zero attached hydrogens (tertiary/aromatic N) is 1. The number of benzene rings is 2.